The lowest BCUT2D eigenvalue weighted by atomic mass is 10.1. The SMILES string of the molecule is O=C(CCC(=O)c1ccc(Cl)cc1)NCCNC(=O)Cc1ccccc1. The van der Waals surface area contributed by atoms with Gasteiger partial charge in [0.2, 0.25) is 11.8 Å². The fourth-order valence-electron chi connectivity index (χ4n) is 2.34. The number of ketones is 1. The minimum atomic E-state index is -0.218. The van der Waals surface area contributed by atoms with E-state index in [1.54, 1.807) is 24.3 Å². The third kappa shape index (κ3) is 7.07. The summed E-state index contributed by atoms with van der Waals surface area (Å²) < 4.78 is 0. The zero-order valence-electron chi connectivity index (χ0n) is 14.3. The third-order valence-corrected chi connectivity index (χ3v) is 3.97. The molecular formula is C20H21ClN2O3. The van der Waals surface area contributed by atoms with Gasteiger partial charge in [-0.3, -0.25) is 14.4 Å². The highest BCUT2D eigenvalue weighted by atomic mass is 35.5. The monoisotopic (exact) mass is 372 g/mol. The smallest absolute Gasteiger partial charge is 0.224 e. The first-order chi connectivity index (χ1) is 12.5. The van der Waals surface area contributed by atoms with Crippen molar-refractivity contribution >= 4 is 29.2 Å². The van der Waals surface area contributed by atoms with Gasteiger partial charge in [0.15, 0.2) is 5.78 Å². The highest BCUT2D eigenvalue weighted by Gasteiger charge is 2.09. The summed E-state index contributed by atoms with van der Waals surface area (Å²) in [5, 5.41) is 6.00. The maximum atomic E-state index is 12.0. The molecule has 0 spiro atoms. The average Bonchev–Trinajstić information content (AvgIpc) is 2.64. The molecule has 0 fully saturated rings. The molecule has 0 aliphatic rings. The van der Waals surface area contributed by atoms with E-state index in [1.165, 1.54) is 0 Å². The van der Waals surface area contributed by atoms with Gasteiger partial charge in [-0.1, -0.05) is 41.9 Å². The molecule has 0 heterocycles. The summed E-state index contributed by atoms with van der Waals surface area (Å²) in [6.45, 7) is 0.678. The molecule has 136 valence electrons. The summed E-state index contributed by atoms with van der Waals surface area (Å²) in [5.74, 6) is -0.416. The molecule has 2 amide bonds. The van der Waals surface area contributed by atoms with E-state index in [9.17, 15) is 14.4 Å². The lowest BCUT2D eigenvalue weighted by Gasteiger charge is -2.07. The van der Waals surface area contributed by atoms with Crippen LogP contribution in [0, 0.1) is 0 Å². The second-order valence-corrected chi connectivity index (χ2v) is 6.23. The van der Waals surface area contributed by atoms with Crippen LogP contribution in [0.4, 0.5) is 0 Å². The predicted molar refractivity (Wildman–Crippen MR) is 101 cm³/mol. The molecule has 26 heavy (non-hydrogen) atoms. The van der Waals surface area contributed by atoms with Gasteiger partial charge in [0, 0.05) is 36.5 Å². The van der Waals surface area contributed by atoms with Crippen LogP contribution in [0.15, 0.2) is 54.6 Å². The quantitative estimate of drug-likeness (QED) is 0.525. The number of hydrogen-bond donors (Lipinski definition) is 2. The Morgan fingerprint density at radius 2 is 1.38 bits per heavy atom. The first kappa shape index (κ1) is 19.7. The minimum Gasteiger partial charge on any atom is -0.354 e. The molecule has 0 atom stereocenters. The number of Topliss-reactive ketones (excluding diaryl/α,β-unsaturated/α-hetero) is 1. The van der Waals surface area contributed by atoms with Crippen LogP contribution in [0.2, 0.25) is 5.02 Å². The van der Waals surface area contributed by atoms with Crippen molar-refractivity contribution in [3.8, 4) is 0 Å². The van der Waals surface area contributed by atoms with Crippen molar-refractivity contribution in [3.05, 3.63) is 70.7 Å². The van der Waals surface area contributed by atoms with Crippen molar-refractivity contribution in [3.63, 3.8) is 0 Å². The lowest BCUT2D eigenvalue weighted by molar-refractivity contribution is -0.122. The largest absolute Gasteiger partial charge is 0.354 e. The number of rotatable bonds is 9. The van der Waals surface area contributed by atoms with Gasteiger partial charge in [-0.2, -0.15) is 0 Å². The van der Waals surface area contributed by atoms with Gasteiger partial charge < -0.3 is 10.6 Å². The van der Waals surface area contributed by atoms with Crippen LogP contribution in [0.1, 0.15) is 28.8 Å². The van der Waals surface area contributed by atoms with Crippen molar-refractivity contribution < 1.29 is 14.4 Å². The predicted octanol–water partition coefficient (Wildman–Crippen LogP) is 2.78. The first-order valence-corrected chi connectivity index (χ1v) is 8.78. The van der Waals surface area contributed by atoms with E-state index < -0.39 is 0 Å². The third-order valence-electron chi connectivity index (χ3n) is 3.72. The van der Waals surface area contributed by atoms with Gasteiger partial charge in [-0.25, -0.2) is 0 Å². The number of amides is 2. The molecular weight excluding hydrogens is 352 g/mol. The number of hydrogen-bond acceptors (Lipinski definition) is 3. The molecule has 2 N–H and O–H groups in total. The molecule has 0 bridgehead atoms. The molecule has 5 nitrogen and oxygen atoms in total. The summed E-state index contributed by atoms with van der Waals surface area (Å²) in [4.78, 5) is 35.5. The molecule has 6 heteroatoms. The summed E-state index contributed by atoms with van der Waals surface area (Å²) in [6.07, 6.45) is 0.553. The van der Waals surface area contributed by atoms with E-state index in [0.29, 0.717) is 30.1 Å². The van der Waals surface area contributed by atoms with Crippen molar-refractivity contribution in [2.75, 3.05) is 13.1 Å². The summed E-state index contributed by atoms with van der Waals surface area (Å²) in [7, 11) is 0. The Morgan fingerprint density at radius 1 is 0.769 bits per heavy atom. The maximum Gasteiger partial charge on any atom is 0.224 e. The van der Waals surface area contributed by atoms with Crippen LogP contribution in [0.5, 0.6) is 0 Å². The Hall–Kier alpha value is -2.66. The van der Waals surface area contributed by atoms with Crippen LogP contribution in [-0.4, -0.2) is 30.7 Å². The molecule has 0 aliphatic carbocycles. The standard InChI is InChI=1S/C20H21ClN2O3/c21-17-8-6-16(7-9-17)18(24)10-11-19(25)22-12-13-23-20(26)14-15-4-2-1-3-5-15/h1-9H,10-14H2,(H,22,25)(H,23,26). The van der Waals surface area contributed by atoms with Crippen molar-refractivity contribution in [1.82, 2.24) is 10.6 Å². The van der Waals surface area contributed by atoms with E-state index >= 15 is 0 Å². The number of halogens is 1. The molecule has 0 saturated carbocycles. The fourth-order valence-corrected chi connectivity index (χ4v) is 2.47. The molecule has 0 radical (unpaired) electrons. The van der Waals surface area contributed by atoms with Gasteiger partial charge in [0.25, 0.3) is 0 Å². The number of nitrogens with one attached hydrogen (secondary N) is 2. The van der Waals surface area contributed by atoms with E-state index in [2.05, 4.69) is 10.6 Å². The Bertz CT molecular complexity index is 745. The molecule has 0 saturated heterocycles. The molecule has 0 unspecified atom stereocenters. The van der Waals surface area contributed by atoms with Crippen molar-refractivity contribution in [2.45, 2.75) is 19.3 Å². The molecule has 2 aromatic rings. The molecule has 0 aromatic heterocycles. The second-order valence-electron chi connectivity index (χ2n) is 5.79. The Balaban J connectivity index is 1.59. The Labute approximate surface area is 157 Å². The van der Waals surface area contributed by atoms with Gasteiger partial charge in [-0.05, 0) is 29.8 Å². The normalized spacial score (nSPS) is 10.2. The number of carbonyl (C=O) groups excluding carboxylic acids is 3. The zero-order chi connectivity index (χ0) is 18.8. The molecule has 0 aliphatic heterocycles. The van der Waals surface area contributed by atoms with E-state index in [0.717, 1.165) is 5.56 Å². The fraction of sp³-hybridized carbons (Fsp3) is 0.250. The number of benzene rings is 2. The first-order valence-electron chi connectivity index (χ1n) is 8.40. The lowest BCUT2D eigenvalue weighted by Crippen LogP contribution is -2.35. The average molecular weight is 373 g/mol. The highest BCUT2D eigenvalue weighted by Crippen LogP contribution is 2.11. The summed E-state index contributed by atoms with van der Waals surface area (Å²) in [5.41, 5.74) is 1.48. The molecule has 2 aromatic carbocycles. The molecule has 2 rings (SSSR count). The van der Waals surface area contributed by atoms with E-state index in [-0.39, 0.29) is 30.4 Å². The highest BCUT2D eigenvalue weighted by molar-refractivity contribution is 6.30. The Kier molecular flexibility index (Phi) is 7.83. The summed E-state index contributed by atoms with van der Waals surface area (Å²) >= 11 is 5.78. The van der Waals surface area contributed by atoms with Crippen molar-refractivity contribution in [2.24, 2.45) is 0 Å². The van der Waals surface area contributed by atoms with Crippen LogP contribution in [0.3, 0.4) is 0 Å². The van der Waals surface area contributed by atoms with E-state index in [1.807, 2.05) is 30.3 Å². The van der Waals surface area contributed by atoms with Gasteiger partial charge >= 0.3 is 0 Å². The second kappa shape index (κ2) is 10.4. The van der Waals surface area contributed by atoms with Crippen LogP contribution in [-0.2, 0) is 16.0 Å². The van der Waals surface area contributed by atoms with Gasteiger partial charge in [0.05, 0.1) is 6.42 Å². The topological polar surface area (TPSA) is 75.3 Å². The van der Waals surface area contributed by atoms with Gasteiger partial charge in [0.1, 0.15) is 0 Å². The van der Waals surface area contributed by atoms with Crippen molar-refractivity contribution in [1.29, 1.82) is 0 Å². The minimum absolute atomic E-state index is 0.0941. The van der Waals surface area contributed by atoms with Gasteiger partial charge in [-0.15, -0.1) is 0 Å². The summed E-state index contributed by atoms with van der Waals surface area (Å²) in [6, 6.07) is 16.0. The maximum absolute atomic E-state index is 12.0. The van der Waals surface area contributed by atoms with Crippen LogP contribution < -0.4 is 10.6 Å². The zero-order valence-corrected chi connectivity index (χ0v) is 15.1. The van der Waals surface area contributed by atoms with E-state index in [4.69, 9.17) is 11.6 Å². The van der Waals surface area contributed by atoms with Crippen LogP contribution in [0.25, 0.3) is 0 Å². The Morgan fingerprint density at radius 3 is 2.04 bits per heavy atom. The van der Waals surface area contributed by atoms with Crippen LogP contribution >= 0.6 is 11.6 Å². The number of carbonyl (C=O) groups is 3.